The summed E-state index contributed by atoms with van der Waals surface area (Å²) in [4.78, 5) is 73.3. The monoisotopic (exact) mass is 1600 g/mol. The lowest BCUT2D eigenvalue weighted by molar-refractivity contribution is -0.161. The number of allylic oxidation sites excluding steroid dienone is 32. The van der Waals surface area contributed by atoms with Gasteiger partial charge in [-0.05, 0) is 154 Å². The Balaban J connectivity index is 5.54. The van der Waals surface area contributed by atoms with Crippen LogP contribution < -0.4 is 0 Å². The van der Waals surface area contributed by atoms with Crippen molar-refractivity contribution < 1.29 is 80.2 Å². The maximum Gasteiger partial charge on any atom is 0.472 e. The van der Waals surface area contributed by atoms with Gasteiger partial charge in [0.05, 0.1) is 26.4 Å². The molecule has 0 spiro atoms. The minimum absolute atomic E-state index is 0.0202. The van der Waals surface area contributed by atoms with Gasteiger partial charge in [-0.1, -0.05) is 325 Å². The van der Waals surface area contributed by atoms with Gasteiger partial charge in [-0.15, -0.1) is 0 Å². The molecule has 0 aromatic carbocycles. The molecule has 634 valence electrons. The highest BCUT2D eigenvalue weighted by Gasteiger charge is 2.30. The predicted molar refractivity (Wildman–Crippen MR) is 463 cm³/mol. The Morgan fingerprint density at radius 1 is 0.259 bits per heavy atom. The first-order valence-electron chi connectivity index (χ1n) is 42.7. The van der Waals surface area contributed by atoms with Gasteiger partial charge in [-0.3, -0.25) is 37.3 Å². The normalized spacial score (nSPS) is 14.7. The molecule has 0 rings (SSSR count). The van der Waals surface area contributed by atoms with Gasteiger partial charge in [0.25, 0.3) is 0 Å². The molecule has 0 aliphatic rings. The van der Waals surface area contributed by atoms with Crippen LogP contribution in [0.5, 0.6) is 0 Å². The number of aliphatic hydroxyl groups excluding tert-OH is 1. The van der Waals surface area contributed by atoms with E-state index < -0.39 is 97.5 Å². The van der Waals surface area contributed by atoms with Crippen LogP contribution in [-0.4, -0.2) is 96.7 Å². The smallest absolute Gasteiger partial charge is 0.462 e. The van der Waals surface area contributed by atoms with E-state index in [2.05, 4.69) is 204 Å². The molecule has 0 saturated carbocycles. The highest BCUT2D eigenvalue weighted by molar-refractivity contribution is 7.47. The number of rotatable bonds is 78. The summed E-state index contributed by atoms with van der Waals surface area (Å²) in [6.45, 7) is 4.38. The molecule has 19 heteroatoms. The van der Waals surface area contributed by atoms with Gasteiger partial charge in [0, 0.05) is 25.7 Å². The molecule has 0 bridgehead atoms. The molecule has 3 N–H and O–H groups in total. The zero-order valence-electron chi connectivity index (χ0n) is 69.5. The number of hydrogen-bond donors (Lipinski definition) is 3. The van der Waals surface area contributed by atoms with Gasteiger partial charge in [-0.2, -0.15) is 0 Å². The van der Waals surface area contributed by atoms with E-state index in [9.17, 15) is 43.2 Å². The summed E-state index contributed by atoms with van der Waals surface area (Å²) in [6.07, 6.45) is 103. The highest BCUT2D eigenvalue weighted by atomic mass is 31.2. The lowest BCUT2D eigenvalue weighted by Crippen LogP contribution is -2.30. The van der Waals surface area contributed by atoms with Crippen LogP contribution in [0.2, 0.25) is 0 Å². The second-order valence-corrected chi connectivity index (χ2v) is 30.5. The number of aliphatic hydroxyl groups is 1. The standard InChI is InChI=1S/C93H150O17P2/c1-5-9-13-17-21-25-29-33-37-40-43-46-50-54-58-62-66-70-74-78-91(96)104-84-89(110-93(98)80-76-72-68-64-60-56-52-48-45-42-39-35-31-27-23-19-15-11-7-3)86-108-112(101,102)106-82-87(94)81-105-111(99,100)107-85-88(83-103-90(95)77-73-69-65-61-57-53-49-36-32-28-24-20-16-12-8-4)109-92(97)79-75-71-67-63-59-55-51-47-44-41-38-34-30-26-22-18-14-10-6-2/h9-11,13-15,21-23,25-27,33-35,37-39,43-48,54-56,58-60,66,70,87-89,94H,5-8,12,16-20,24,28-32,36,40-42,49-53,57,61-65,67-69,71-86H2,1-4H3,(H,99,100)(H,101,102)/b13-9-,14-10-,15-11-,25-21-,26-22-,27-23-,37-33-,38-34-,39-35-,46-43-,47-44-,48-45-,58-54-,59-55-,60-56-,70-66-/t87-,88+,89+/m0/s1. The average molecular weight is 1600 g/mol. The number of esters is 4. The summed E-state index contributed by atoms with van der Waals surface area (Å²) >= 11 is 0. The molecule has 0 radical (unpaired) electrons. The van der Waals surface area contributed by atoms with Crippen molar-refractivity contribution in [2.75, 3.05) is 39.6 Å². The van der Waals surface area contributed by atoms with Crippen LogP contribution in [0.25, 0.3) is 0 Å². The lowest BCUT2D eigenvalue weighted by Gasteiger charge is -2.21. The van der Waals surface area contributed by atoms with Crippen molar-refractivity contribution in [2.45, 2.75) is 329 Å². The Morgan fingerprint density at radius 2 is 0.482 bits per heavy atom. The fraction of sp³-hybridized carbons (Fsp3) is 0.613. The van der Waals surface area contributed by atoms with Gasteiger partial charge in [0.15, 0.2) is 12.2 Å². The van der Waals surface area contributed by atoms with Crippen molar-refractivity contribution in [1.82, 2.24) is 0 Å². The second-order valence-electron chi connectivity index (χ2n) is 27.6. The average Bonchev–Trinajstić information content (AvgIpc) is 0.908. The van der Waals surface area contributed by atoms with Crippen molar-refractivity contribution in [3.63, 3.8) is 0 Å². The lowest BCUT2D eigenvalue weighted by atomic mass is 10.0. The fourth-order valence-electron chi connectivity index (χ4n) is 10.7. The highest BCUT2D eigenvalue weighted by Crippen LogP contribution is 2.45. The van der Waals surface area contributed by atoms with E-state index in [1.54, 1.807) is 0 Å². The van der Waals surface area contributed by atoms with Crippen LogP contribution in [-0.2, 0) is 65.4 Å². The maximum atomic E-state index is 13.1. The third kappa shape index (κ3) is 81.9. The molecule has 0 fully saturated rings. The van der Waals surface area contributed by atoms with E-state index >= 15 is 0 Å². The molecule has 17 nitrogen and oxygen atoms in total. The topological polar surface area (TPSA) is 237 Å². The van der Waals surface area contributed by atoms with Crippen molar-refractivity contribution >= 4 is 39.5 Å². The minimum Gasteiger partial charge on any atom is -0.462 e. The van der Waals surface area contributed by atoms with Crippen LogP contribution in [0.4, 0.5) is 0 Å². The minimum atomic E-state index is -5.02. The van der Waals surface area contributed by atoms with E-state index in [0.717, 1.165) is 161 Å². The maximum absolute atomic E-state index is 13.1. The second kappa shape index (κ2) is 82.9. The molecule has 0 aliphatic heterocycles. The summed E-state index contributed by atoms with van der Waals surface area (Å²) in [5.41, 5.74) is 0. The van der Waals surface area contributed by atoms with E-state index in [0.29, 0.717) is 32.1 Å². The quantitative estimate of drug-likeness (QED) is 0.0169. The third-order valence-corrected chi connectivity index (χ3v) is 19.0. The summed E-state index contributed by atoms with van der Waals surface area (Å²) in [5, 5.41) is 10.7. The van der Waals surface area contributed by atoms with Crippen LogP contribution in [0.15, 0.2) is 194 Å². The first-order chi connectivity index (χ1) is 54.7. The van der Waals surface area contributed by atoms with Crippen molar-refractivity contribution in [1.29, 1.82) is 0 Å². The predicted octanol–water partition coefficient (Wildman–Crippen LogP) is 25.7. The van der Waals surface area contributed by atoms with Crippen molar-refractivity contribution in [2.24, 2.45) is 0 Å². The zero-order valence-corrected chi connectivity index (χ0v) is 71.3. The van der Waals surface area contributed by atoms with Crippen LogP contribution in [0, 0.1) is 0 Å². The Hall–Kier alpha value is -6.10. The summed E-state index contributed by atoms with van der Waals surface area (Å²) in [5.74, 6) is -2.36. The molecule has 0 aliphatic carbocycles. The molecule has 0 heterocycles. The van der Waals surface area contributed by atoms with Crippen molar-refractivity contribution in [3.05, 3.63) is 194 Å². The Bertz CT molecular complexity index is 2890. The summed E-state index contributed by atoms with van der Waals surface area (Å²) < 4.78 is 68.7. The number of unbranched alkanes of at least 4 members (excludes halogenated alkanes) is 20. The number of carbonyl (C=O) groups is 4. The third-order valence-electron chi connectivity index (χ3n) is 17.1. The SMILES string of the molecule is CC/C=C\C/C=C\C/C=C\C/C=C\C/C=C\C/C=C\CCC(=O)OC[C@H](COP(=O)(O)OC[C@@H](O)COP(=O)(O)OC[C@@H](COC(=O)CCCCCCCCCCCCCCCCC)OC(=O)CCCCC/C=C\C/C=C\C/C=C\C/C=C\C/C=C\CC)OC(=O)CCCCC/C=C\C/C=C\C/C=C\C/C=C\C/C=C\CC. The molecule has 2 unspecified atom stereocenters. The van der Waals surface area contributed by atoms with Gasteiger partial charge < -0.3 is 33.8 Å². The molecule has 0 aromatic rings. The Morgan fingerprint density at radius 3 is 0.768 bits per heavy atom. The summed E-state index contributed by atoms with van der Waals surface area (Å²) in [6, 6.07) is 0. The largest absolute Gasteiger partial charge is 0.472 e. The molecule has 0 aromatic heterocycles. The van der Waals surface area contributed by atoms with Crippen molar-refractivity contribution in [3.8, 4) is 0 Å². The van der Waals surface area contributed by atoms with Crippen LogP contribution >= 0.6 is 15.6 Å². The first kappa shape index (κ1) is 106. The number of phosphoric acid groups is 2. The first-order valence-corrected chi connectivity index (χ1v) is 45.7. The van der Waals surface area contributed by atoms with E-state index in [1.165, 1.54) is 64.2 Å². The molecule has 5 atom stereocenters. The molecule has 0 saturated heterocycles. The number of ether oxygens (including phenoxy) is 4. The van der Waals surface area contributed by atoms with Gasteiger partial charge in [0.2, 0.25) is 0 Å². The Labute approximate surface area is 678 Å². The summed E-state index contributed by atoms with van der Waals surface area (Å²) in [7, 11) is -10.0. The van der Waals surface area contributed by atoms with E-state index in [4.69, 9.17) is 37.0 Å². The van der Waals surface area contributed by atoms with Gasteiger partial charge >= 0.3 is 39.5 Å². The van der Waals surface area contributed by atoms with Gasteiger partial charge in [0.1, 0.15) is 19.3 Å². The van der Waals surface area contributed by atoms with Gasteiger partial charge in [-0.25, -0.2) is 9.13 Å². The Kier molecular flexibility index (Phi) is 78.4. The molecule has 0 amide bonds. The zero-order chi connectivity index (χ0) is 81.7. The number of carbonyl (C=O) groups excluding carboxylic acids is 4. The van der Waals surface area contributed by atoms with E-state index in [1.807, 2.05) is 18.2 Å². The van der Waals surface area contributed by atoms with Crippen LogP contribution in [0.3, 0.4) is 0 Å². The molecule has 112 heavy (non-hydrogen) atoms. The molecular weight excluding hydrogens is 1450 g/mol. The fourth-order valence-corrected chi connectivity index (χ4v) is 12.3. The van der Waals surface area contributed by atoms with Crippen LogP contribution in [0.1, 0.15) is 310 Å². The molecular formula is C93H150O17P2. The number of phosphoric ester groups is 2. The van der Waals surface area contributed by atoms with E-state index in [-0.39, 0.29) is 25.7 Å². The number of hydrogen-bond acceptors (Lipinski definition) is 15.